The third-order valence-corrected chi connectivity index (χ3v) is 3.17. The SMILES string of the molecule is FC(F)(F)Oc1cccc(SSS)c1. The Morgan fingerprint density at radius 3 is 2.57 bits per heavy atom. The molecule has 0 saturated heterocycles. The van der Waals surface area contributed by atoms with Crippen LogP contribution < -0.4 is 4.74 Å². The first kappa shape index (κ1) is 11.9. The number of hydrogen-bond acceptors (Lipinski definition) is 4. The molecule has 0 aromatic heterocycles. The van der Waals surface area contributed by atoms with Gasteiger partial charge in [0.15, 0.2) is 0 Å². The predicted molar refractivity (Wildman–Crippen MR) is 55.6 cm³/mol. The zero-order valence-electron chi connectivity index (χ0n) is 6.62. The number of alkyl halides is 3. The minimum absolute atomic E-state index is 0.218. The van der Waals surface area contributed by atoms with Crippen molar-refractivity contribution in [2.45, 2.75) is 11.3 Å². The summed E-state index contributed by atoms with van der Waals surface area (Å²) in [5.74, 6) is -0.218. The third-order valence-electron chi connectivity index (χ3n) is 1.17. The van der Waals surface area contributed by atoms with Crippen LogP contribution in [-0.4, -0.2) is 6.36 Å². The molecule has 7 heteroatoms. The van der Waals surface area contributed by atoms with Crippen molar-refractivity contribution in [1.82, 2.24) is 0 Å². The van der Waals surface area contributed by atoms with Crippen LogP contribution in [-0.2, 0) is 0 Å². The van der Waals surface area contributed by atoms with Gasteiger partial charge in [0.2, 0.25) is 0 Å². The molecule has 0 bridgehead atoms. The van der Waals surface area contributed by atoms with Gasteiger partial charge in [0.05, 0.1) is 0 Å². The molecule has 78 valence electrons. The Morgan fingerprint density at radius 2 is 2.00 bits per heavy atom. The van der Waals surface area contributed by atoms with Gasteiger partial charge in [-0.1, -0.05) is 17.7 Å². The molecular weight excluding hydrogens is 253 g/mol. The first-order valence-electron chi connectivity index (χ1n) is 3.35. The lowest BCUT2D eigenvalue weighted by molar-refractivity contribution is -0.274. The van der Waals surface area contributed by atoms with Gasteiger partial charge >= 0.3 is 6.36 Å². The quantitative estimate of drug-likeness (QED) is 0.644. The van der Waals surface area contributed by atoms with Crippen molar-refractivity contribution in [3.8, 4) is 5.75 Å². The molecule has 14 heavy (non-hydrogen) atoms. The van der Waals surface area contributed by atoms with Gasteiger partial charge in [-0.2, -0.15) is 0 Å². The van der Waals surface area contributed by atoms with E-state index in [-0.39, 0.29) is 5.75 Å². The topological polar surface area (TPSA) is 9.23 Å². The molecule has 0 fully saturated rings. The molecule has 1 aromatic rings. The molecule has 0 amide bonds. The maximum atomic E-state index is 11.8. The number of thiol groups is 1. The molecular formula is C7H5F3OS3. The Balaban J connectivity index is 2.73. The molecule has 0 radical (unpaired) electrons. The Hall–Kier alpha value is -0.140. The lowest BCUT2D eigenvalue weighted by Crippen LogP contribution is -2.16. The Kier molecular flexibility index (Phi) is 4.33. The average molecular weight is 258 g/mol. The molecule has 0 aliphatic rings. The second-order valence-corrected chi connectivity index (χ2v) is 5.26. The Labute approximate surface area is 91.6 Å². The Bertz CT molecular complexity index is 302. The first-order chi connectivity index (χ1) is 6.51. The summed E-state index contributed by atoms with van der Waals surface area (Å²) < 4.78 is 39.2. The summed E-state index contributed by atoms with van der Waals surface area (Å²) in [6, 6.07) is 5.73. The van der Waals surface area contributed by atoms with Gasteiger partial charge in [-0.15, -0.1) is 13.2 Å². The summed E-state index contributed by atoms with van der Waals surface area (Å²) in [7, 11) is 2.40. The van der Waals surface area contributed by atoms with E-state index in [1.165, 1.54) is 29.0 Å². The zero-order chi connectivity index (χ0) is 10.6. The summed E-state index contributed by atoms with van der Waals surface area (Å²) in [6.45, 7) is 0. The van der Waals surface area contributed by atoms with E-state index in [4.69, 9.17) is 0 Å². The minimum atomic E-state index is -4.64. The van der Waals surface area contributed by atoms with Gasteiger partial charge in [-0.3, -0.25) is 0 Å². The summed E-state index contributed by atoms with van der Waals surface area (Å²) in [5, 5.41) is 0. The normalized spacial score (nSPS) is 11.4. The monoisotopic (exact) mass is 258 g/mol. The summed E-state index contributed by atoms with van der Waals surface area (Å²) in [5.41, 5.74) is 0. The van der Waals surface area contributed by atoms with Crippen LogP contribution in [0.5, 0.6) is 5.75 Å². The van der Waals surface area contributed by atoms with Gasteiger partial charge in [0, 0.05) is 4.90 Å². The van der Waals surface area contributed by atoms with Crippen molar-refractivity contribution in [3.63, 3.8) is 0 Å². The van der Waals surface area contributed by atoms with Gasteiger partial charge in [-0.05, 0) is 38.8 Å². The molecule has 0 aliphatic heterocycles. The molecule has 0 spiro atoms. The lowest BCUT2D eigenvalue weighted by Gasteiger charge is -2.08. The third kappa shape index (κ3) is 4.39. The first-order valence-corrected chi connectivity index (χ1v) is 6.55. The van der Waals surface area contributed by atoms with Crippen LogP contribution in [0.15, 0.2) is 29.2 Å². The van der Waals surface area contributed by atoms with E-state index >= 15 is 0 Å². The predicted octanol–water partition coefficient (Wildman–Crippen LogP) is 4.17. The van der Waals surface area contributed by atoms with E-state index in [0.29, 0.717) is 4.90 Å². The molecule has 0 saturated carbocycles. The highest BCUT2D eigenvalue weighted by Gasteiger charge is 2.31. The number of rotatable bonds is 3. The summed E-state index contributed by atoms with van der Waals surface area (Å²) >= 11 is 3.87. The smallest absolute Gasteiger partial charge is 0.406 e. The van der Waals surface area contributed by atoms with Crippen molar-refractivity contribution in [1.29, 1.82) is 0 Å². The van der Waals surface area contributed by atoms with E-state index in [0.717, 1.165) is 9.83 Å². The second kappa shape index (κ2) is 5.09. The molecule has 0 unspecified atom stereocenters. The van der Waals surface area contributed by atoms with Crippen molar-refractivity contribution in [2.75, 3.05) is 0 Å². The van der Waals surface area contributed by atoms with Crippen LogP contribution in [0, 0.1) is 0 Å². The van der Waals surface area contributed by atoms with Crippen LogP contribution in [0.1, 0.15) is 0 Å². The minimum Gasteiger partial charge on any atom is -0.406 e. The highest BCUT2D eigenvalue weighted by atomic mass is 33.5. The maximum absolute atomic E-state index is 11.8. The molecule has 0 aliphatic carbocycles. The van der Waals surface area contributed by atoms with Gasteiger partial charge in [-0.25, -0.2) is 0 Å². The summed E-state index contributed by atoms with van der Waals surface area (Å²) in [4.78, 5) is 0.659. The van der Waals surface area contributed by atoms with Gasteiger partial charge < -0.3 is 4.74 Å². The maximum Gasteiger partial charge on any atom is 0.573 e. The Morgan fingerprint density at radius 1 is 1.29 bits per heavy atom. The fourth-order valence-electron chi connectivity index (χ4n) is 0.766. The van der Waals surface area contributed by atoms with E-state index < -0.39 is 6.36 Å². The molecule has 0 N–H and O–H groups in total. The molecule has 1 aromatic carbocycles. The second-order valence-electron chi connectivity index (χ2n) is 2.18. The zero-order valence-corrected chi connectivity index (χ0v) is 9.14. The van der Waals surface area contributed by atoms with E-state index in [1.807, 2.05) is 0 Å². The number of benzene rings is 1. The van der Waals surface area contributed by atoms with Gasteiger partial charge in [0.1, 0.15) is 5.75 Å². The largest absolute Gasteiger partial charge is 0.573 e. The van der Waals surface area contributed by atoms with Gasteiger partial charge in [0.25, 0.3) is 0 Å². The van der Waals surface area contributed by atoms with Crippen molar-refractivity contribution < 1.29 is 17.9 Å². The molecule has 1 rings (SSSR count). The molecule has 0 heterocycles. The van der Waals surface area contributed by atoms with Crippen molar-refractivity contribution in [3.05, 3.63) is 24.3 Å². The molecule has 0 atom stereocenters. The fourth-order valence-corrected chi connectivity index (χ4v) is 2.49. The van der Waals surface area contributed by atoms with E-state index in [2.05, 4.69) is 16.4 Å². The van der Waals surface area contributed by atoms with E-state index in [9.17, 15) is 13.2 Å². The number of halogens is 3. The van der Waals surface area contributed by atoms with Crippen LogP contribution in [0.25, 0.3) is 0 Å². The highest BCUT2D eigenvalue weighted by molar-refractivity contribution is 9.05. The molecule has 1 nitrogen and oxygen atoms in total. The fraction of sp³-hybridized carbons (Fsp3) is 0.143. The lowest BCUT2D eigenvalue weighted by atomic mass is 10.3. The van der Waals surface area contributed by atoms with Crippen LogP contribution in [0.4, 0.5) is 13.2 Å². The summed E-state index contributed by atoms with van der Waals surface area (Å²) in [6.07, 6.45) is -4.64. The standard InChI is InChI=1S/C7H5F3OS3/c8-7(9,10)11-5-2-1-3-6(4-5)13-14-12/h1-4,12H. The average Bonchev–Trinajstić information content (AvgIpc) is 2.02. The van der Waals surface area contributed by atoms with Crippen LogP contribution in [0.2, 0.25) is 0 Å². The van der Waals surface area contributed by atoms with Crippen LogP contribution in [0.3, 0.4) is 0 Å². The number of hydrogen-bond donors (Lipinski definition) is 1. The van der Waals surface area contributed by atoms with Crippen LogP contribution >= 0.6 is 32.3 Å². The number of ether oxygens (including phenoxy) is 1. The van der Waals surface area contributed by atoms with E-state index in [1.54, 1.807) is 6.07 Å². The van der Waals surface area contributed by atoms with Crippen molar-refractivity contribution in [2.24, 2.45) is 0 Å². The van der Waals surface area contributed by atoms with Crippen molar-refractivity contribution >= 4 is 32.3 Å². The highest BCUT2D eigenvalue weighted by Crippen LogP contribution is 2.35.